The minimum Gasteiger partial charge on any atom is -0.384 e. The number of rotatable bonds is 3. The summed E-state index contributed by atoms with van der Waals surface area (Å²) in [5, 5.41) is 3.47. The molecule has 1 aromatic heterocycles. The zero-order valence-electron chi connectivity index (χ0n) is 10.1. The van der Waals surface area contributed by atoms with Gasteiger partial charge in [0.25, 0.3) is 5.56 Å². The Hall–Kier alpha value is -2.17. The lowest BCUT2D eigenvalue weighted by atomic mass is 10.1. The van der Waals surface area contributed by atoms with Crippen molar-refractivity contribution < 1.29 is 9.18 Å². The molecule has 4 nitrogen and oxygen atoms in total. The summed E-state index contributed by atoms with van der Waals surface area (Å²) in [6.07, 6.45) is 0. The van der Waals surface area contributed by atoms with Crippen LogP contribution in [0.1, 0.15) is 24.2 Å². The molecule has 0 fully saturated rings. The maximum Gasteiger partial charge on any atom is 0.259 e. The lowest BCUT2D eigenvalue weighted by Gasteiger charge is -2.08. The Kier molecular flexibility index (Phi) is 3.14. The molecule has 2 N–H and O–H groups in total. The van der Waals surface area contributed by atoms with Gasteiger partial charge in [0, 0.05) is 11.9 Å². The Bertz CT molecular complexity index is 676. The fourth-order valence-electron chi connectivity index (χ4n) is 1.87. The smallest absolute Gasteiger partial charge is 0.259 e. The summed E-state index contributed by atoms with van der Waals surface area (Å²) in [7, 11) is 0. The summed E-state index contributed by atoms with van der Waals surface area (Å²) in [5.41, 5.74) is 0.601. The second kappa shape index (κ2) is 4.60. The minimum absolute atomic E-state index is 0.0375. The van der Waals surface area contributed by atoms with Gasteiger partial charge in [-0.15, -0.1) is 0 Å². The third kappa shape index (κ3) is 2.11. The third-order valence-electron chi connectivity index (χ3n) is 2.66. The Labute approximate surface area is 103 Å². The van der Waals surface area contributed by atoms with Gasteiger partial charge in [-0.25, -0.2) is 4.39 Å². The van der Waals surface area contributed by atoms with Gasteiger partial charge in [0.2, 0.25) is 0 Å². The van der Waals surface area contributed by atoms with Gasteiger partial charge >= 0.3 is 0 Å². The van der Waals surface area contributed by atoms with Crippen molar-refractivity contribution in [3.63, 3.8) is 0 Å². The Morgan fingerprint density at radius 1 is 1.39 bits per heavy atom. The molecule has 2 aromatic rings. The van der Waals surface area contributed by atoms with Gasteiger partial charge in [0.15, 0.2) is 5.78 Å². The first-order valence-corrected chi connectivity index (χ1v) is 5.64. The molecule has 0 aliphatic heterocycles. The van der Waals surface area contributed by atoms with E-state index in [2.05, 4.69) is 10.3 Å². The number of anilines is 1. The van der Waals surface area contributed by atoms with E-state index >= 15 is 0 Å². The first kappa shape index (κ1) is 12.3. The fourth-order valence-corrected chi connectivity index (χ4v) is 1.87. The van der Waals surface area contributed by atoms with Crippen LogP contribution >= 0.6 is 0 Å². The summed E-state index contributed by atoms with van der Waals surface area (Å²) < 4.78 is 13.4. The van der Waals surface area contributed by atoms with Gasteiger partial charge in [-0.05, 0) is 32.0 Å². The molecule has 0 saturated carbocycles. The van der Waals surface area contributed by atoms with E-state index in [1.54, 1.807) is 0 Å². The number of fused-ring (bicyclic) bond motifs is 1. The fraction of sp³-hybridized carbons (Fsp3) is 0.231. The van der Waals surface area contributed by atoms with Gasteiger partial charge in [-0.1, -0.05) is 0 Å². The highest BCUT2D eigenvalue weighted by atomic mass is 19.1. The first-order valence-electron chi connectivity index (χ1n) is 5.64. The van der Waals surface area contributed by atoms with Crippen molar-refractivity contribution in [1.29, 1.82) is 0 Å². The highest BCUT2D eigenvalue weighted by Gasteiger charge is 2.10. The van der Waals surface area contributed by atoms with Crippen molar-refractivity contribution in [3.8, 4) is 0 Å². The van der Waals surface area contributed by atoms with Crippen molar-refractivity contribution in [1.82, 2.24) is 4.98 Å². The van der Waals surface area contributed by atoms with Crippen LogP contribution in [0.15, 0.2) is 23.0 Å². The van der Waals surface area contributed by atoms with Gasteiger partial charge in [-0.3, -0.25) is 9.59 Å². The number of hydrogen-bond acceptors (Lipinski definition) is 3. The van der Waals surface area contributed by atoms with E-state index < -0.39 is 11.4 Å². The molecule has 94 valence electrons. The van der Waals surface area contributed by atoms with Crippen LogP contribution < -0.4 is 10.9 Å². The summed E-state index contributed by atoms with van der Waals surface area (Å²) in [5.74, 6) is -0.757. The number of aromatic nitrogens is 1. The maximum absolute atomic E-state index is 13.4. The number of H-pyrrole nitrogens is 1. The number of Topliss-reactive ketones (excluding diaryl/α,β-unsaturated/α-hetero) is 1. The molecule has 18 heavy (non-hydrogen) atoms. The minimum atomic E-state index is -0.458. The molecule has 0 bridgehead atoms. The van der Waals surface area contributed by atoms with Gasteiger partial charge in [0.05, 0.1) is 16.8 Å². The molecule has 0 aliphatic rings. The number of benzene rings is 1. The van der Waals surface area contributed by atoms with E-state index in [-0.39, 0.29) is 11.3 Å². The second-order valence-electron chi connectivity index (χ2n) is 4.02. The van der Waals surface area contributed by atoms with Crippen molar-refractivity contribution in [2.45, 2.75) is 13.8 Å². The van der Waals surface area contributed by atoms with Crippen LogP contribution in [-0.4, -0.2) is 17.3 Å². The Morgan fingerprint density at radius 2 is 2.11 bits per heavy atom. The number of halogens is 1. The summed E-state index contributed by atoms with van der Waals surface area (Å²) in [6, 6.07) is 4.02. The molecule has 0 unspecified atom stereocenters. The zero-order chi connectivity index (χ0) is 13.3. The van der Waals surface area contributed by atoms with E-state index in [9.17, 15) is 14.0 Å². The number of aromatic amines is 1. The number of ketones is 1. The molecule has 0 saturated heterocycles. The molecule has 1 aromatic carbocycles. The summed E-state index contributed by atoms with van der Waals surface area (Å²) in [6.45, 7) is 3.79. The normalized spacial score (nSPS) is 10.6. The van der Waals surface area contributed by atoms with E-state index in [4.69, 9.17) is 0 Å². The number of carbonyl (C=O) groups is 1. The molecule has 0 spiro atoms. The van der Waals surface area contributed by atoms with Crippen LogP contribution in [-0.2, 0) is 0 Å². The van der Waals surface area contributed by atoms with E-state index in [0.29, 0.717) is 23.1 Å². The van der Waals surface area contributed by atoms with E-state index in [1.165, 1.54) is 25.1 Å². The quantitative estimate of drug-likeness (QED) is 0.819. The van der Waals surface area contributed by atoms with Crippen molar-refractivity contribution >= 4 is 22.4 Å². The van der Waals surface area contributed by atoms with Gasteiger partial charge in [-0.2, -0.15) is 0 Å². The summed E-state index contributed by atoms with van der Waals surface area (Å²) in [4.78, 5) is 25.6. The lowest BCUT2D eigenvalue weighted by molar-refractivity contribution is 0.101. The first-order chi connectivity index (χ1) is 8.52. The average molecular weight is 248 g/mol. The van der Waals surface area contributed by atoms with Gasteiger partial charge in [0.1, 0.15) is 5.82 Å². The van der Waals surface area contributed by atoms with Gasteiger partial charge < -0.3 is 10.3 Å². The lowest BCUT2D eigenvalue weighted by Crippen LogP contribution is -2.16. The van der Waals surface area contributed by atoms with E-state index in [1.807, 2.05) is 6.92 Å². The number of hydrogen-bond donors (Lipinski definition) is 2. The molecule has 0 atom stereocenters. The van der Waals surface area contributed by atoms with E-state index in [0.717, 1.165) is 0 Å². The van der Waals surface area contributed by atoms with Crippen LogP contribution in [0.25, 0.3) is 10.9 Å². The summed E-state index contributed by atoms with van der Waals surface area (Å²) >= 11 is 0. The van der Waals surface area contributed by atoms with Crippen molar-refractivity contribution in [3.05, 3.63) is 39.9 Å². The largest absolute Gasteiger partial charge is 0.384 e. The van der Waals surface area contributed by atoms with Crippen LogP contribution in [0.2, 0.25) is 0 Å². The maximum atomic E-state index is 13.4. The average Bonchev–Trinajstić information content (AvgIpc) is 2.29. The molecule has 5 heteroatoms. The highest BCUT2D eigenvalue weighted by Crippen LogP contribution is 2.22. The molecule has 2 rings (SSSR count). The molecule has 0 radical (unpaired) electrons. The Balaban J connectivity index is 2.79. The molecule has 1 heterocycles. The molecular weight excluding hydrogens is 235 g/mol. The molecule has 0 amide bonds. The SMILES string of the molecule is CCNc1cc(F)cc2cc(C(C)=O)c(=O)[nH]c12. The highest BCUT2D eigenvalue weighted by molar-refractivity contribution is 5.99. The second-order valence-corrected chi connectivity index (χ2v) is 4.02. The standard InChI is InChI=1S/C13H13FN2O2/c1-3-15-11-6-9(14)4-8-5-10(7(2)17)13(18)16-12(8)11/h4-6,15H,3H2,1-2H3,(H,16,18). The van der Waals surface area contributed by atoms with Crippen LogP contribution in [0.3, 0.4) is 0 Å². The van der Waals surface area contributed by atoms with Crippen LogP contribution in [0, 0.1) is 5.82 Å². The Morgan fingerprint density at radius 3 is 2.72 bits per heavy atom. The number of carbonyl (C=O) groups excluding carboxylic acids is 1. The topological polar surface area (TPSA) is 62.0 Å². The molecule has 0 aliphatic carbocycles. The number of nitrogens with one attached hydrogen (secondary N) is 2. The monoisotopic (exact) mass is 248 g/mol. The van der Waals surface area contributed by atoms with Crippen LogP contribution in [0.5, 0.6) is 0 Å². The predicted octanol–water partition coefficient (Wildman–Crippen LogP) is 2.30. The van der Waals surface area contributed by atoms with Crippen molar-refractivity contribution in [2.24, 2.45) is 0 Å². The molecular formula is C13H13FN2O2. The predicted molar refractivity (Wildman–Crippen MR) is 68.7 cm³/mol. The van der Waals surface area contributed by atoms with Crippen LogP contribution in [0.4, 0.5) is 10.1 Å². The number of pyridine rings is 1. The zero-order valence-corrected chi connectivity index (χ0v) is 10.1. The third-order valence-corrected chi connectivity index (χ3v) is 2.66. The van der Waals surface area contributed by atoms with Crippen molar-refractivity contribution in [2.75, 3.05) is 11.9 Å².